The van der Waals surface area contributed by atoms with E-state index in [4.69, 9.17) is 0 Å². The van der Waals surface area contributed by atoms with Gasteiger partial charge in [-0.3, -0.25) is 0 Å². The van der Waals surface area contributed by atoms with Gasteiger partial charge in [0.05, 0.1) is 0 Å². The summed E-state index contributed by atoms with van der Waals surface area (Å²) in [7, 11) is 1.81. The summed E-state index contributed by atoms with van der Waals surface area (Å²) < 4.78 is 1.70. The Morgan fingerprint density at radius 2 is 2.62 bits per heavy atom. The molecule has 0 saturated carbocycles. The van der Waals surface area contributed by atoms with E-state index in [0.717, 1.165) is 0 Å². The number of aromatic nitrogens is 3. The summed E-state index contributed by atoms with van der Waals surface area (Å²) in [5.74, 6) is 0.597. The Morgan fingerprint density at radius 1 is 1.88 bits per heavy atom. The maximum absolute atomic E-state index is 4.49. The summed E-state index contributed by atoms with van der Waals surface area (Å²) in [6, 6.07) is 0. The first-order valence-corrected chi connectivity index (χ1v) is 2.47. The Balaban J connectivity index is 3.09. The molecule has 1 heterocycles. The molecule has 1 aromatic heterocycles. The van der Waals surface area contributed by atoms with Gasteiger partial charge in [0.1, 0.15) is 11.7 Å². The van der Waals surface area contributed by atoms with Gasteiger partial charge >= 0.3 is 0 Å². The van der Waals surface area contributed by atoms with Crippen molar-refractivity contribution in [3.8, 4) is 0 Å². The van der Waals surface area contributed by atoms with Gasteiger partial charge in [0, 0.05) is 7.05 Å². The molecule has 4 heteroatoms. The molecule has 0 atom stereocenters. The summed E-state index contributed by atoms with van der Waals surface area (Å²) in [4.78, 5) is 0. The van der Waals surface area contributed by atoms with Crippen molar-refractivity contribution in [3.05, 3.63) is 12.2 Å². The number of rotatable bonds is 1. The van der Waals surface area contributed by atoms with Gasteiger partial charge in [0.2, 0.25) is 0 Å². The Labute approximate surface area is 52.3 Å². The molecule has 3 nitrogen and oxygen atoms in total. The highest BCUT2D eigenvalue weighted by Crippen LogP contribution is 1.83. The monoisotopic (exact) mass is 126 g/mol. The molecule has 0 spiro atoms. The van der Waals surface area contributed by atoms with Gasteiger partial charge in [0.15, 0.2) is 5.82 Å². The van der Waals surface area contributed by atoms with Crippen LogP contribution in [0.5, 0.6) is 0 Å². The van der Waals surface area contributed by atoms with Crippen LogP contribution >= 0.6 is 12.2 Å². The van der Waals surface area contributed by atoms with Crippen LogP contribution in [0.1, 0.15) is 5.82 Å². The Kier molecular flexibility index (Phi) is 1.34. The van der Waals surface area contributed by atoms with E-state index in [1.807, 2.05) is 7.05 Å². The zero-order chi connectivity index (χ0) is 5.98. The van der Waals surface area contributed by atoms with E-state index in [0.29, 0.717) is 5.82 Å². The standard InChI is InChI=1S/C4H4N3S/c1-7-3-5-6-4(7)2-8/h3H,1H3. The summed E-state index contributed by atoms with van der Waals surface area (Å²) in [6.45, 7) is 0. The minimum absolute atomic E-state index is 0.597. The number of thiocarbonyl (C=S) groups is 1. The van der Waals surface area contributed by atoms with Crippen LogP contribution in [0.3, 0.4) is 0 Å². The van der Waals surface area contributed by atoms with E-state index in [1.54, 1.807) is 10.9 Å². The highest BCUT2D eigenvalue weighted by atomic mass is 32.1. The smallest absolute Gasteiger partial charge is 0.176 e. The van der Waals surface area contributed by atoms with E-state index in [2.05, 4.69) is 27.8 Å². The first-order chi connectivity index (χ1) is 3.84. The quantitative estimate of drug-likeness (QED) is 0.498. The van der Waals surface area contributed by atoms with Crippen LogP contribution in [0.15, 0.2) is 6.33 Å². The third-order valence-corrected chi connectivity index (χ3v) is 0.985. The number of nitrogens with zero attached hydrogens (tertiary/aromatic N) is 3. The van der Waals surface area contributed by atoms with Crippen molar-refractivity contribution in [1.29, 1.82) is 0 Å². The highest BCUT2D eigenvalue weighted by molar-refractivity contribution is 7.79. The lowest BCUT2D eigenvalue weighted by Gasteiger charge is -1.84. The van der Waals surface area contributed by atoms with Gasteiger partial charge in [-0.1, -0.05) is 12.2 Å². The second kappa shape index (κ2) is 2.00. The first-order valence-electron chi connectivity index (χ1n) is 2.06. The van der Waals surface area contributed by atoms with E-state index in [1.165, 1.54) is 0 Å². The minimum Gasteiger partial charge on any atom is -0.316 e. The largest absolute Gasteiger partial charge is 0.316 e. The molecule has 0 N–H and O–H groups in total. The third kappa shape index (κ3) is 0.742. The van der Waals surface area contributed by atoms with Crippen LogP contribution < -0.4 is 0 Å². The maximum atomic E-state index is 4.49. The Morgan fingerprint density at radius 3 is 2.88 bits per heavy atom. The van der Waals surface area contributed by atoms with Crippen LogP contribution in [0.4, 0.5) is 0 Å². The van der Waals surface area contributed by atoms with Crippen molar-refractivity contribution >= 4 is 17.6 Å². The zero-order valence-corrected chi connectivity index (χ0v) is 5.14. The fourth-order valence-electron chi connectivity index (χ4n) is 0.376. The first kappa shape index (κ1) is 5.37. The second-order valence-electron chi connectivity index (χ2n) is 1.37. The number of aryl methyl sites for hydroxylation is 1. The highest BCUT2D eigenvalue weighted by Gasteiger charge is 1.91. The summed E-state index contributed by atoms with van der Waals surface area (Å²) >= 11 is 4.49. The van der Waals surface area contributed by atoms with Crippen molar-refractivity contribution in [1.82, 2.24) is 14.8 Å². The van der Waals surface area contributed by atoms with Crippen LogP contribution in [-0.2, 0) is 7.05 Å². The predicted octanol–water partition coefficient (Wildman–Crippen LogP) is 0.0399. The molecule has 1 aromatic rings. The minimum atomic E-state index is 0.597. The summed E-state index contributed by atoms with van der Waals surface area (Å²) in [6.07, 6.45) is 1.58. The average molecular weight is 126 g/mol. The molecule has 0 fully saturated rings. The van der Waals surface area contributed by atoms with Gasteiger partial charge in [-0.2, -0.15) is 0 Å². The van der Waals surface area contributed by atoms with E-state index in [9.17, 15) is 0 Å². The van der Waals surface area contributed by atoms with Crippen molar-refractivity contribution in [2.45, 2.75) is 0 Å². The molecule has 0 aliphatic carbocycles. The van der Waals surface area contributed by atoms with Gasteiger partial charge < -0.3 is 4.57 Å². The lowest BCUT2D eigenvalue weighted by Crippen LogP contribution is -1.92. The van der Waals surface area contributed by atoms with Gasteiger partial charge in [-0.05, 0) is 0 Å². The lowest BCUT2D eigenvalue weighted by molar-refractivity contribution is 0.902. The number of hydrogen-bond donors (Lipinski definition) is 0. The normalized spacial score (nSPS) is 9.12. The summed E-state index contributed by atoms with van der Waals surface area (Å²) in [5, 5.41) is 9.66. The van der Waals surface area contributed by atoms with E-state index in [-0.39, 0.29) is 0 Å². The molecule has 0 amide bonds. The van der Waals surface area contributed by atoms with Crippen LogP contribution in [0.25, 0.3) is 0 Å². The van der Waals surface area contributed by atoms with Gasteiger partial charge in [-0.15, -0.1) is 10.2 Å². The molecule has 0 aliphatic heterocycles. The fraction of sp³-hybridized carbons (Fsp3) is 0.250. The van der Waals surface area contributed by atoms with Crippen LogP contribution in [0.2, 0.25) is 0 Å². The SMILES string of the molecule is Cn1cnnc1[C]=S. The average Bonchev–Trinajstić information content (AvgIpc) is 2.14. The topological polar surface area (TPSA) is 30.7 Å². The molecular weight excluding hydrogens is 122 g/mol. The molecule has 1 rings (SSSR count). The third-order valence-electron chi connectivity index (χ3n) is 0.803. The second-order valence-corrected chi connectivity index (χ2v) is 1.57. The molecule has 0 aromatic carbocycles. The summed E-state index contributed by atoms with van der Waals surface area (Å²) in [5.41, 5.74) is 0. The van der Waals surface area contributed by atoms with Crippen LogP contribution in [-0.4, -0.2) is 20.1 Å². The Bertz CT molecular complexity index is 193. The fourth-order valence-corrected chi connectivity index (χ4v) is 0.560. The molecule has 0 bridgehead atoms. The van der Waals surface area contributed by atoms with Gasteiger partial charge in [0.25, 0.3) is 0 Å². The maximum Gasteiger partial charge on any atom is 0.176 e. The van der Waals surface area contributed by atoms with Crippen molar-refractivity contribution < 1.29 is 0 Å². The van der Waals surface area contributed by atoms with Gasteiger partial charge in [-0.25, -0.2) is 0 Å². The molecule has 0 unspecified atom stereocenters. The molecular formula is C4H4N3S. The molecule has 0 saturated heterocycles. The molecule has 1 radical (unpaired) electrons. The van der Waals surface area contributed by atoms with Crippen molar-refractivity contribution in [3.63, 3.8) is 0 Å². The van der Waals surface area contributed by atoms with Crippen molar-refractivity contribution in [2.75, 3.05) is 0 Å². The van der Waals surface area contributed by atoms with E-state index >= 15 is 0 Å². The van der Waals surface area contributed by atoms with Crippen LogP contribution in [0, 0.1) is 0 Å². The zero-order valence-electron chi connectivity index (χ0n) is 4.33. The molecule has 8 heavy (non-hydrogen) atoms. The molecule has 41 valence electrons. The van der Waals surface area contributed by atoms with Crippen molar-refractivity contribution in [2.24, 2.45) is 7.05 Å². The van der Waals surface area contributed by atoms with E-state index < -0.39 is 0 Å². The Hall–Kier alpha value is -0.770. The molecule has 0 aliphatic rings. The number of hydrogen-bond acceptors (Lipinski definition) is 3. The lowest BCUT2D eigenvalue weighted by atomic mass is 10.7. The predicted molar refractivity (Wildman–Crippen MR) is 32.7 cm³/mol.